The molecule has 0 unspecified atom stereocenters. The second-order valence-electron chi connectivity index (χ2n) is 5.45. The molecule has 9 heteroatoms. The average molecular weight is 362 g/mol. The van der Waals surface area contributed by atoms with Gasteiger partial charge in [-0.25, -0.2) is 4.98 Å². The molecule has 3 rings (SSSR count). The highest BCUT2D eigenvalue weighted by Crippen LogP contribution is 2.37. The fourth-order valence-electron chi connectivity index (χ4n) is 2.47. The number of aromatic amines is 1. The van der Waals surface area contributed by atoms with Gasteiger partial charge in [-0.2, -0.15) is 5.10 Å². The Hall–Kier alpha value is -3.36. The van der Waals surface area contributed by atoms with E-state index in [0.717, 1.165) is 5.56 Å². The summed E-state index contributed by atoms with van der Waals surface area (Å²) in [6, 6.07) is 11.0. The number of amides is 1. The predicted octanol–water partition coefficient (Wildman–Crippen LogP) is 3.44. The van der Waals surface area contributed by atoms with E-state index in [1.807, 2.05) is 0 Å². The Bertz CT molecular complexity index is 967. The molecule has 0 aliphatic carbocycles. The van der Waals surface area contributed by atoms with Crippen molar-refractivity contribution in [3.05, 3.63) is 53.9 Å². The van der Waals surface area contributed by atoms with Crippen LogP contribution in [0, 0.1) is 6.92 Å². The molecule has 0 saturated carbocycles. The average Bonchev–Trinajstić information content (AvgIpc) is 3.05. The standard InChI is InChI=1S/C17H13F3N4O2/c1-9-4-2-3-5-11(9)12-8-10(6-7-13(12)26-17(18,19)20)15-22-16(14(21)25)24-23-15/h2-8H,1H3,(H2,21,25)(H,22,23,24). The van der Waals surface area contributed by atoms with Gasteiger partial charge in [0.1, 0.15) is 5.75 Å². The number of aromatic nitrogens is 3. The molecule has 0 bridgehead atoms. The van der Waals surface area contributed by atoms with E-state index in [9.17, 15) is 18.0 Å². The van der Waals surface area contributed by atoms with Gasteiger partial charge in [-0.1, -0.05) is 24.3 Å². The third kappa shape index (κ3) is 3.66. The van der Waals surface area contributed by atoms with Crippen LogP contribution in [0.4, 0.5) is 13.2 Å². The van der Waals surface area contributed by atoms with Crippen LogP contribution < -0.4 is 10.5 Å². The minimum atomic E-state index is -4.83. The molecule has 1 heterocycles. The number of carbonyl (C=O) groups is 1. The number of benzene rings is 2. The molecule has 0 aliphatic rings. The molecule has 0 spiro atoms. The van der Waals surface area contributed by atoms with Gasteiger partial charge in [-0.3, -0.25) is 9.89 Å². The van der Waals surface area contributed by atoms with Gasteiger partial charge >= 0.3 is 6.36 Å². The second kappa shape index (κ2) is 6.51. The molecular formula is C17H13F3N4O2. The number of nitrogens with zero attached hydrogens (tertiary/aromatic N) is 2. The number of hydrogen-bond donors (Lipinski definition) is 2. The molecule has 0 saturated heterocycles. The van der Waals surface area contributed by atoms with Gasteiger partial charge in [0.2, 0.25) is 5.82 Å². The Balaban J connectivity index is 2.13. The molecule has 1 aromatic heterocycles. The van der Waals surface area contributed by atoms with E-state index in [1.165, 1.54) is 18.2 Å². The van der Waals surface area contributed by atoms with E-state index in [-0.39, 0.29) is 23.0 Å². The first-order valence-electron chi connectivity index (χ1n) is 7.43. The molecule has 3 N–H and O–H groups in total. The summed E-state index contributed by atoms with van der Waals surface area (Å²) in [7, 11) is 0. The molecular weight excluding hydrogens is 349 g/mol. The predicted molar refractivity (Wildman–Crippen MR) is 87.2 cm³/mol. The van der Waals surface area contributed by atoms with Gasteiger partial charge in [0.15, 0.2) is 5.82 Å². The maximum Gasteiger partial charge on any atom is 0.573 e. The van der Waals surface area contributed by atoms with Crippen molar-refractivity contribution < 1.29 is 22.7 Å². The SMILES string of the molecule is Cc1ccccc1-c1cc(-c2n[nH]c(C(N)=O)n2)ccc1OC(F)(F)F. The third-order valence-electron chi connectivity index (χ3n) is 3.62. The zero-order chi connectivity index (χ0) is 18.9. The Labute approximate surface area is 145 Å². The molecule has 1 amide bonds. The lowest BCUT2D eigenvalue weighted by atomic mass is 9.97. The number of aryl methyl sites for hydroxylation is 1. The van der Waals surface area contributed by atoms with Gasteiger partial charge in [-0.15, -0.1) is 13.2 Å². The first-order chi connectivity index (χ1) is 12.2. The van der Waals surface area contributed by atoms with E-state index in [0.29, 0.717) is 11.1 Å². The molecule has 134 valence electrons. The number of primary amides is 1. The third-order valence-corrected chi connectivity index (χ3v) is 3.62. The Kier molecular flexibility index (Phi) is 4.37. The van der Waals surface area contributed by atoms with Crippen LogP contribution in [0.5, 0.6) is 5.75 Å². The van der Waals surface area contributed by atoms with Crippen molar-refractivity contribution in [2.24, 2.45) is 5.73 Å². The van der Waals surface area contributed by atoms with Crippen LogP contribution in [0.1, 0.15) is 16.2 Å². The normalized spacial score (nSPS) is 11.4. The fourth-order valence-corrected chi connectivity index (χ4v) is 2.47. The summed E-state index contributed by atoms with van der Waals surface area (Å²) >= 11 is 0. The van der Waals surface area contributed by atoms with Crippen LogP contribution in [0.25, 0.3) is 22.5 Å². The number of rotatable bonds is 4. The summed E-state index contributed by atoms with van der Waals surface area (Å²) < 4.78 is 42.4. The number of H-pyrrole nitrogens is 1. The van der Waals surface area contributed by atoms with Crippen molar-refractivity contribution in [1.82, 2.24) is 15.2 Å². The monoisotopic (exact) mass is 362 g/mol. The number of nitrogens with two attached hydrogens (primary N) is 1. The van der Waals surface area contributed by atoms with Crippen LogP contribution in [-0.4, -0.2) is 27.5 Å². The summed E-state index contributed by atoms with van der Waals surface area (Å²) in [5.74, 6) is -1.15. The molecule has 2 aromatic carbocycles. The lowest BCUT2D eigenvalue weighted by molar-refractivity contribution is -0.274. The zero-order valence-electron chi connectivity index (χ0n) is 13.5. The molecule has 0 radical (unpaired) electrons. The van der Waals surface area contributed by atoms with E-state index >= 15 is 0 Å². The van der Waals surface area contributed by atoms with E-state index in [2.05, 4.69) is 19.9 Å². The van der Waals surface area contributed by atoms with Crippen molar-refractivity contribution in [2.75, 3.05) is 0 Å². The largest absolute Gasteiger partial charge is 0.573 e. The lowest BCUT2D eigenvalue weighted by Gasteiger charge is -2.15. The number of ether oxygens (including phenoxy) is 1. The first-order valence-corrected chi connectivity index (χ1v) is 7.43. The molecule has 3 aromatic rings. The second-order valence-corrected chi connectivity index (χ2v) is 5.45. The number of nitrogens with one attached hydrogen (secondary N) is 1. The molecule has 6 nitrogen and oxygen atoms in total. The summed E-state index contributed by atoms with van der Waals surface area (Å²) in [5.41, 5.74) is 7.09. The summed E-state index contributed by atoms with van der Waals surface area (Å²) in [6.07, 6.45) is -4.83. The summed E-state index contributed by atoms with van der Waals surface area (Å²) in [4.78, 5) is 15.1. The van der Waals surface area contributed by atoms with Crippen LogP contribution in [0.2, 0.25) is 0 Å². The maximum atomic E-state index is 12.8. The number of carbonyl (C=O) groups excluding carboxylic acids is 1. The van der Waals surface area contributed by atoms with E-state index < -0.39 is 12.3 Å². The van der Waals surface area contributed by atoms with Gasteiger partial charge in [0, 0.05) is 11.1 Å². The van der Waals surface area contributed by atoms with Gasteiger partial charge in [0.25, 0.3) is 5.91 Å². The van der Waals surface area contributed by atoms with Crippen LogP contribution in [-0.2, 0) is 0 Å². The van der Waals surface area contributed by atoms with Crippen molar-refractivity contribution in [1.29, 1.82) is 0 Å². The minimum absolute atomic E-state index is 0.132. The molecule has 0 aliphatic heterocycles. The van der Waals surface area contributed by atoms with Gasteiger partial charge < -0.3 is 10.5 Å². The van der Waals surface area contributed by atoms with Crippen LogP contribution >= 0.6 is 0 Å². The first kappa shape index (κ1) is 17.5. The zero-order valence-corrected chi connectivity index (χ0v) is 13.5. The maximum absolute atomic E-state index is 12.8. The van der Waals surface area contributed by atoms with Gasteiger partial charge in [0.05, 0.1) is 0 Å². The smallest absolute Gasteiger partial charge is 0.405 e. The Morgan fingerprint density at radius 3 is 2.50 bits per heavy atom. The topological polar surface area (TPSA) is 93.9 Å². The van der Waals surface area contributed by atoms with Crippen molar-refractivity contribution in [3.8, 4) is 28.3 Å². The summed E-state index contributed by atoms with van der Waals surface area (Å²) in [5, 5.41) is 6.25. The molecule has 0 atom stereocenters. The number of alkyl halides is 3. The highest BCUT2D eigenvalue weighted by molar-refractivity contribution is 5.89. The van der Waals surface area contributed by atoms with E-state index in [1.54, 1.807) is 31.2 Å². The van der Waals surface area contributed by atoms with Gasteiger partial charge in [-0.05, 0) is 36.2 Å². The van der Waals surface area contributed by atoms with Crippen molar-refractivity contribution in [2.45, 2.75) is 13.3 Å². The molecule has 26 heavy (non-hydrogen) atoms. The van der Waals surface area contributed by atoms with Crippen molar-refractivity contribution >= 4 is 5.91 Å². The van der Waals surface area contributed by atoms with Crippen molar-refractivity contribution in [3.63, 3.8) is 0 Å². The summed E-state index contributed by atoms with van der Waals surface area (Å²) in [6.45, 7) is 1.78. The fraction of sp³-hybridized carbons (Fsp3) is 0.118. The highest BCUT2D eigenvalue weighted by Gasteiger charge is 2.32. The van der Waals surface area contributed by atoms with E-state index in [4.69, 9.17) is 5.73 Å². The van der Waals surface area contributed by atoms with Crippen LogP contribution in [0.15, 0.2) is 42.5 Å². The minimum Gasteiger partial charge on any atom is -0.405 e. The number of hydrogen-bond acceptors (Lipinski definition) is 4. The molecule has 0 fully saturated rings. The quantitative estimate of drug-likeness (QED) is 0.743. The highest BCUT2D eigenvalue weighted by atomic mass is 19.4. The Morgan fingerprint density at radius 2 is 1.88 bits per heavy atom. The Morgan fingerprint density at radius 1 is 1.15 bits per heavy atom. The van der Waals surface area contributed by atoms with Crippen LogP contribution in [0.3, 0.4) is 0 Å². The number of halogens is 3. The lowest BCUT2D eigenvalue weighted by Crippen LogP contribution is -2.17.